The number of H-pyrrole nitrogens is 1. The maximum absolute atomic E-state index is 9.13. The molecule has 78 valence electrons. The van der Waals surface area contributed by atoms with E-state index in [1.54, 1.807) is 0 Å². The molecule has 2 rings (SSSR count). The minimum absolute atomic E-state index is 0.00743. The van der Waals surface area contributed by atoms with Crippen molar-refractivity contribution in [3.8, 4) is 11.4 Å². The number of hydrogen-bond acceptors (Lipinski definition) is 2. The van der Waals surface area contributed by atoms with Crippen LogP contribution in [0, 0.1) is 0 Å². The third-order valence-corrected chi connectivity index (χ3v) is 2.41. The van der Waals surface area contributed by atoms with E-state index >= 15 is 0 Å². The molecule has 0 aliphatic carbocycles. The molecule has 15 heavy (non-hydrogen) atoms. The van der Waals surface area contributed by atoms with Crippen molar-refractivity contribution < 1.29 is 5.11 Å². The highest BCUT2D eigenvalue weighted by molar-refractivity contribution is 5.55. The number of aryl methyl sites for hydroxylation is 1. The van der Waals surface area contributed by atoms with Gasteiger partial charge >= 0.3 is 0 Å². The summed E-state index contributed by atoms with van der Waals surface area (Å²) in [5, 5.41) is 9.13. The lowest BCUT2D eigenvalue weighted by Crippen LogP contribution is -1.89. The molecule has 0 bridgehead atoms. The summed E-state index contributed by atoms with van der Waals surface area (Å²) < 4.78 is 0. The van der Waals surface area contributed by atoms with Crippen LogP contribution in [-0.2, 0) is 13.0 Å². The third kappa shape index (κ3) is 1.92. The Morgan fingerprint density at radius 1 is 1.27 bits per heavy atom. The molecule has 3 heteroatoms. The maximum Gasteiger partial charge on any atom is 0.137 e. The van der Waals surface area contributed by atoms with E-state index in [-0.39, 0.29) is 6.61 Å². The summed E-state index contributed by atoms with van der Waals surface area (Å²) in [5.74, 6) is 0.830. The smallest absolute Gasteiger partial charge is 0.137 e. The zero-order chi connectivity index (χ0) is 10.7. The Kier molecular flexibility index (Phi) is 2.83. The molecule has 1 heterocycles. The number of aliphatic hydroxyl groups excluding tert-OH is 1. The average Bonchev–Trinajstić information content (AvgIpc) is 2.73. The molecule has 0 spiro atoms. The highest BCUT2D eigenvalue weighted by atomic mass is 16.3. The van der Waals surface area contributed by atoms with Crippen LogP contribution in [0.25, 0.3) is 11.4 Å². The van der Waals surface area contributed by atoms with Crippen LogP contribution in [0.3, 0.4) is 0 Å². The van der Waals surface area contributed by atoms with Gasteiger partial charge in [-0.15, -0.1) is 0 Å². The zero-order valence-corrected chi connectivity index (χ0v) is 8.70. The number of aromatic nitrogens is 2. The van der Waals surface area contributed by atoms with Crippen LogP contribution in [0.2, 0.25) is 0 Å². The number of nitrogens with one attached hydrogen (secondary N) is 1. The minimum atomic E-state index is -0.00743. The summed E-state index contributed by atoms with van der Waals surface area (Å²) in [6.45, 7) is 2.04. The van der Waals surface area contributed by atoms with Gasteiger partial charge in [-0.1, -0.05) is 37.3 Å². The van der Waals surface area contributed by atoms with Gasteiger partial charge in [0.2, 0.25) is 0 Å². The van der Waals surface area contributed by atoms with E-state index in [0.717, 1.165) is 29.2 Å². The van der Waals surface area contributed by atoms with Gasteiger partial charge in [-0.3, -0.25) is 0 Å². The monoisotopic (exact) mass is 202 g/mol. The van der Waals surface area contributed by atoms with Crippen molar-refractivity contribution in [1.29, 1.82) is 0 Å². The van der Waals surface area contributed by atoms with Crippen LogP contribution >= 0.6 is 0 Å². The van der Waals surface area contributed by atoms with Crippen LogP contribution in [0.4, 0.5) is 0 Å². The second kappa shape index (κ2) is 4.28. The first-order valence-electron chi connectivity index (χ1n) is 5.09. The fourth-order valence-electron chi connectivity index (χ4n) is 1.60. The Balaban J connectivity index is 2.42. The molecular formula is C12H14N2O. The molecule has 2 aromatic rings. The molecule has 2 N–H and O–H groups in total. The third-order valence-electron chi connectivity index (χ3n) is 2.41. The summed E-state index contributed by atoms with van der Waals surface area (Å²) in [7, 11) is 0. The highest BCUT2D eigenvalue weighted by Gasteiger charge is 2.08. The van der Waals surface area contributed by atoms with Gasteiger partial charge in [-0.25, -0.2) is 4.98 Å². The number of benzene rings is 1. The largest absolute Gasteiger partial charge is 0.390 e. The van der Waals surface area contributed by atoms with Gasteiger partial charge < -0.3 is 10.1 Å². The normalized spacial score (nSPS) is 10.5. The average molecular weight is 202 g/mol. The van der Waals surface area contributed by atoms with Gasteiger partial charge in [0.05, 0.1) is 12.3 Å². The van der Waals surface area contributed by atoms with E-state index in [4.69, 9.17) is 5.11 Å². The molecule has 0 aliphatic rings. The molecule has 0 saturated carbocycles. The van der Waals surface area contributed by atoms with Crippen molar-refractivity contribution in [2.24, 2.45) is 0 Å². The minimum Gasteiger partial charge on any atom is -0.390 e. The molecule has 1 aromatic heterocycles. The lowest BCUT2D eigenvalue weighted by Gasteiger charge is -1.94. The van der Waals surface area contributed by atoms with E-state index in [2.05, 4.69) is 9.97 Å². The van der Waals surface area contributed by atoms with Crippen LogP contribution in [0.5, 0.6) is 0 Å². The zero-order valence-electron chi connectivity index (χ0n) is 8.70. The van der Waals surface area contributed by atoms with E-state index in [1.807, 2.05) is 37.3 Å². The summed E-state index contributed by atoms with van der Waals surface area (Å²) in [6, 6.07) is 9.92. The van der Waals surface area contributed by atoms with Gasteiger partial charge in [0.1, 0.15) is 5.82 Å². The first-order chi connectivity index (χ1) is 7.35. The summed E-state index contributed by atoms with van der Waals surface area (Å²) in [5.41, 5.74) is 2.81. The van der Waals surface area contributed by atoms with E-state index < -0.39 is 0 Å². The topological polar surface area (TPSA) is 48.9 Å². The lowest BCUT2D eigenvalue weighted by molar-refractivity contribution is 0.276. The Morgan fingerprint density at radius 2 is 2.00 bits per heavy atom. The van der Waals surface area contributed by atoms with Crippen LogP contribution in [0.1, 0.15) is 18.3 Å². The predicted octanol–water partition coefficient (Wildman–Crippen LogP) is 2.13. The van der Waals surface area contributed by atoms with E-state index in [1.165, 1.54) is 0 Å². The van der Waals surface area contributed by atoms with Crippen molar-refractivity contribution >= 4 is 0 Å². The van der Waals surface area contributed by atoms with Gasteiger partial charge in [0, 0.05) is 11.3 Å². The van der Waals surface area contributed by atoms with Crippen molar-refractivity contribution in [2.45, 2.75) is 20.0 Å². The Hall–Kier alpha value is -1.61. The summed E-state index contributed by atoms with van der Waals surface area (Å²) >= 11 is 0. The van der Waals surface area contributed by atoms with Gasteiger partial charge in [0.25, 0.3) is 0 Å². The number of rotatable bonds is 3. The molecular weight excluding hydrogens is 188 g/mol. The number of hydrogen-bond donors (Lipinski definition) is 2. The molecule has 0 radical (unpaired) electrons. The van der Waals surface area contributed by atoms with E-state index in [9.17, 15) is 0 Å². The SMILES string of the molecule is CCc1[nH]c(-c2ccccc2)nc1CO. The van der Waals surface area contributed by atoms with Gasteiger partial charge in [0.15, 0.2) is 0 Å². The highest BCUT2D eigenvalue weighted by Crippen LogP contribution is 2.18. The number of imidazole rings is 1. The standard InChI is InChI=1S/C12H14N2O/c1-2-10-11(8-15)14-12(13-10)9-6-4-3-5-7-9/h3-7,15H,2,8H2,1H3,(H,13,14). The molecule has 0 aliphatic heterocycles. The molecule has 0 atom stereocenters. The predicted molar refractivity (Wildman–Crippen MR) is 59.3 cm³/mol. The van der Waals surface area contributed by atoms with E-state index in [0.29, 0.717) is 0 Å². The quantitative estimate of drug-likeness (QED) is 0.801. The molecule has 3 nitrogen and oxygen atoms in total. The molecule has 0 saturated heterocycles. The van der Waals surface area contributed by atoms with Crippen LogP contribution in [0.15, 0.2) is 30.3 Å². The van der Waals surface area contributed by atoms with Crippen molar-refractivity contribution in [2.75, 3.05) is 0 Å². The number of nitrogens with zero attached hydrogens (tertiary/aromatic N) is 1. The Morgan fingerprint density at radius 3 is 2.53 bits per heavy atom. The fourth-order valence-corrected chi connectivity index (χ4v) is 1.60. The second-order valence-corrected chi connectivity index (χ2v) is 3.39. The van der Waals surface area contributed by atoms with Crippen molar-refractivity contribution in [1.82, 2.24) is 9.97 Å². The summed E-state index contributed by atoms with van der Waals surface area (Å²) in [4.78, 5) is 7.59. The lowest BCUT2D eigenvalue weighted by atomic mass is 10.2. The van der Waals surface area contributed by atoms with Gasteiger partial charge in [-0.05, 0) is 6.42 Å². The van der Waals surface area contributed by atoms with Crippen LogP contribution < -0.4 is 0 Å². The molecule has 0 amide bonds. The Labute approximate surface area is 88.8 Å². The van der Waals surface area contributed by atoms with Gasteiger partial charge in [-0.2, -0.15) is 0 Å². The molecule has 0 unspecified atom stereocenters. The molecule has 0 fully saturated rings. The number of aliphatic hydroxyl groups is 1. The summed E-state index contributed by atoms with van der Waals surface area (Å²) in [6.07, 6.45) is 0.857. The molecule has 1 aromatic carbocycles. The second-order valence-electron chi connectivity index (χ2n) is 3.39. The first-order valence-corrected chi connectivity index (χ1v) is 5.09. The maximum atomic E-state index is 9.13. The van der Waals surface area contributed by atoms with Crippen molar-refractivity contribution in [3.05, 3.63) is 41.7 Å². The van der Waals surface area contributed by atoms with Crippen LogP contribution in [-0.4, -0.2) is 15.1 Å². The van der Waals surface area contributed by atoms with Crippen molar-refractivity contribution in [3.63, 3.8) is 0 Å². The Bertz CT molecular complexity index is 413. The number of aromatic amines is 1. The first kappa shape index (κ1) is 9.93. The fraction of sp³-hybridized carbons (Fsp3) is 0.250.